The first kappa shape index (κ1) is 13.0. The molecule has 0 aromatic heterocycles. The molecule has 1 aliphatic rings. The van der Waals surface area contributed by atoms with Crippen LogP contribution in [0.4, 0.5) is 0 Å². The van der Waals surface area contributed by atoms with Crippen molar-refractivity contribution in [1.29, 1.82) is 0 Å². The van der Waals surface area contributed by atoms with Gasteiger partial charge in [-0.15, -0.1) is 0 Å². The Morgan fingerprint density at radius 1 is 1.06 bits per heavy atom. The average Bonchev–Trinajstić information content (AvgIpc) is 2.54. The summed E-state index contributed by atoms with van der Waals surface area (Å²) in [5.41, 5.74) is 0.824. The molecule has 0 radical (unpaired) electrons. The summed E-state index contributed by atoms with van der Waals surface area (Å²) in [6.45, 7) is 2.90. The number of hydrogen-bond acceptors (Lipinski definition) is 2. The Hall–Kier alpha value is -0.440. The number of phenols is 1. The molecule has 2 rings (SSSR count). The van der Waals surface area contributed by atoms with Gasteiger partial charge < -0.3 is 5.11 Å². The van der Waals surface area contributed by atoms with Crippen LogP contribution in [0.5, 0.6) is 5.75 Å². The van der Waals surface area contributed by atoms with Gasteiger partial charge in [0.05, 0.1) is 5.02 Å². The van der Waals surface area contributed by atoms with Crippen LogP contribution in [0, 0.1) is 0 Å². The van der Waals surface area contributed by atoms with Gasteiger partial charge in [0.15, 0.2) is 0 Å². The minimum atomic E-state index is 0.167. The first-order valence-electron chi connectivity index (χ1n) is 6.06. The molecular formula is C13H17Cl2NO. The number of aromatic hydroxyl groups is 1. The van der Waals surface area contributed by atoms with E-state index in [1.807, 2.05) is 0 Å². The molecule has 1 saturated heterocycles. The molecule has 94 valence electrons. The predicted molar refractivity (Wildman–Crippen MR) is 71.9 cm³/mol. The van der Waals surface area contributed by atoms with Crippen molar-refractivity contribution in [1.82, 2.24) is 4.90 Å². The molecule has 1 aromatic carbocycles. The Balaban J connectivity index is 2.11. The third-order valence-electron chi connectivity index (χ3n) is 3.20. The zero-order valence-electron chi connectivity index (χ0n) is 9.75. The number of hydrogen-bond donors (Lipinski definition) is 1. The Morgan fingerprint density at radius 2 is 1.71 bits per heavy atom. The molecule has 1 fully saturated rings. The van der Waals surface area contributed by atoms with Crippen molar-refractivity contribution >= 4 is 23.2 Å². The van der Waals surface area contributed by atoms with Gasteiger partial charge in [-0.1, -0.05) is 36.0 Å². The van der Waals surface area contributed by atoms with Crippen LogP contribution in [-0.4, -0.2) is 23.1 Å². The summed E-state index contributed by atoms with van der Waals surface area (Å²) in [4.78, 5) is 2.36. The summed E-state index contributed by atoms with van der Waals surface area (Å²) in [6, 6.07) is 3.37. The maximum atomic E-state index is 9.91. The smallest absolute Gasteiger partial charge is 0.138 e. The molecular weight excluding hydrogens is 257 g/mol. The number of rotatable bonds is 2. The third kappa shape index (κ3) is 3.51. The number of nitrogens with zero attached hydrogens (tertiary/aromatic N) is 1. The van der Waals surface area contributed by atoms with E-state index in [2.05, 4.69) is 4.90 Å². The molecule has 0 aliphatic carbocycles. The van der Waals surface area contributed by atoms with E-state index >= 15 is 0 Å². The molecule has 0 bridgehead atoms. The second-order valence-corrected chi connectivity index (χ2v) is 5.43. The number of benzene rings is 1. The first-order valence-corrected chi connectivity index (χ1v) is 6.81. The summed E-state index contributed by atoms with van der Waals surface area (Å²) >= 11 is 11.9. The highest BCUT2D eigenvalue weighted by Gasteiger charge is 2.14. The van der Waals surface area contributed by atoms with E-state index in [0.29, 0.717) is 10.0 Å². The van der Waals surface area contributed by atoms with E-state index in [4.69, 9.17) is 23.2 Å². The fraction of sp³-hybridized carbons (Fsp3) is 0.538. The molecule has 0 unspecified atom stereocenters. The molecule has 4 heteroatoms. The van der Waals surface area contributed by atoms with Crippen LogP contribution in [0.1, 0.15) is 31.2 Å². The van der Waals surface area contributed by atoms with Gasteiger partial charge in [-0.05, 0) is 38.1 Å². The molecule has 0 saturated carbocycles. The molecule has 2 nitrogen and oxygen atoms in total. The van der Waals surface area contributed by atoms with Gasteiger partial charge in [0.1, 0.15) is 5.75 Å². The van der Waals surface area contributed by atoms with E-state index in [1.165, 1.54) is 25.7 Å². The van der Waals surface area contributed by atoms with Crippen LogP contribution in [0.3, 0.4) is 0 Å². The van der Waals surface area contributed by atoms with E-state index in [-0.39, 0.29) is 5.75 Å². The minimum absolute atomic E-state index is 0.167. The summed E-state index contributed by atoms with van der Waals surface area (Å²) < 4.78 is 0. The average molecular weight is 274 g/mol. The molecule has 1 heterocycles. The van der Waals surface area contributed by atoms with E-state index in [1.54, 1.807) is 12.1 Å². The Labute approximate surface area is 112 Å². The van der Waals surface area contributed by atoms with Gasteiger partial charge in [0.25, 0.3) is 0 Å². The normalized spacial score (nSPS) is 18.0. The lowest BCUT2D eigenvalue weighted by Gasteiger charge is -2.20. The number of halogens is 2. The Bertz CT molecular complexity index is 387. The fourth-order valence-corrected chi connectivity index (χ4v) is 2.81. The fourth-order valence-electron chi connectivity index (χ4n) is 2.27. The van der Waals surface area contributed by atoms with Crippen molar-refractivity contribution in [2.75, 3.05) is 13.1 Å². The summed E-state index contributed by atoms with van der Waals surface area (Å²) in [6.07, 6.45) is 5.07. The van der Waals surface area contributed by atoms with E-state index in [0.717, 1.165) is 25.2 Å². The first-order chi connectivity index (χ1) is 8.16. The summed E-state index contributed by atoms with van der Waals surface area (Å²) in [7, 11) is 0. The molecule has 0 amide bonds. The van der Waals surface area contributed by atoms with Gasteiger partial charge in [0.2, 0.25) is 0 Å². The molecule has 1 N–H and O–H groups in total. The second kappa shape index (κ2) is 5.94. The van der Waals surface area contributed by atoms with Crippen LogP contribution >= 0.6 is 23.2 Å². The molecule has 0 spiro atoms. The minimum Gasteiger partial charge on any atom is -0.506 e. The lowest BCUT2D eigenvalue weighted by molar-refractivity contribution is 0.273. The van der Waals surface area contributed by atoms with Crippen molar-refractivity contribution in [2.24, 2.45) is 0 Å². The third-order valence-corrected chi connectivity index (χ3v) is 3.71. The summed E-state index contributed by atoms with van der Waals surface area (Å²) in [5, 5.41) is 10.8. The lowest BCUT2D eigenvalue weighted by Crippen LogP contribution is -2.24. The highest BCUT2D eigenvalue weighted by molar-refractivity contribution is 6.35. The van der Waals surface area contributed by atoms with Crippen molar-refractivity contribution in [3.05, 3.63) is 27.7 Å². The highest BCUT2D eigenvalue weighted by atomic mass is 35.5. The predicted octanol–water partition coefficient (Wildman–Crippen LogP) is 4.08. The van der Waals surface area contributed by atoms with Gasteiger partial charge in [0, 0.05) is 17.1 Å². The largest absolute Gasteiger partial charge is 0.506 e. The van der Waals surface area contributed by atoms with E-state index < -0.39 is 0 Å². The van der Waals surface area contributed by atoms with Crippen LogP contribution in [0.2, 0.25) is 10.0 Å². The number of likely N-dealkylation sites (tertiary alicyclic amines) is 1. The zero-order chi connectivity index (χ0) is 12.3. The lowest BCUT2D eigenvalue weighted by atomic mass is 10.2. The van der Waals surface area contributed by atoms with Gasteiger partial charge in [-0.25, -0.2) is 0 Å². The standard InChI is InChI=1S/C13H17Cl2NO/c14-11-7-10(13(17)12(15)8-11)9-16-5-3-1-2-4-6-16/h7-8,17H,1-6,9H2. The van der Waals surface area contributed by atoms with E-state index in [9.17, 15) is 5.11 Å². The maximum Gasteiger partial charge on any atom is 0.138 e. The van der Waals surface area contributed by atoms with Crippen molar-refractivity contribution < 1.29 is 5.11 Å². The zero-order valence-corrected chi connectivity index (χ0v) is 11.3. The molecule has 1 aliphatic heterocycles. The van der Waals surface area contributed by atoms with Crippen molar-refractivity contribution in [3.8, 4) is 5.75 Å². The van der Waals surface area contributed by atoms with Crippen LogP contribution in [0.25, 0.3) is 0 Å². The van der Waals surface area contributed by atoms with Gasteiger partial charge in [-0.2, -0.15) is 0 Å². The van der Waals surface area contributed by atoms with Crippen LogP contribution in [-0.2, 0) is 6.54 Å². The second-order valence-electron chi connectivity index (χ2n) is 4.59. The quantitative estimate of drug-likeness (QED) is 0.878. The molecule has 0 atom stereocenters. The van der Waals surface area contributed by atoms with Crippen molar-refractivity contribution in [2.45, 2.75) is 32.2 Å². The molecule has 17 heavy (non-hydrogen) atoms. The van der Waals surface area contributed by atoms with Gasteiger partial charge in [-0.3, -0.25) is 4.90 Å². The highest BCUT2D eigenvalue weighted by Crippen LogP contribution is 2.32. The summed E-state index contributed by atoms with van der Waals surface area (Å²) in [5.74, 6) is 0.167. The van der Waals surface area contributed by atoms with Crippen LogP contribution in [0.15, 0.2) is 12.1 Å². The SMILES string of the molecule is Oc1c(Cl)cc(Cl)cc1CN1CCCCCC1. The van der Waals surface area contributed by atoms with Crippen LogP contribution < -0.4 is 0 Å². The van der Waals surface area contributed by atoms with Gasteiger partial charge >= 0.3 is 0 Å². The number of phenolic OH excluding ortho intramolecular Hbond substituents is 1. The maximum absolute atomic E-state index is 9.91. The Kier molecular flexibility index (Phi) is 4.55. The monoisotopic (exact) mass is 273 g/mol. The Morgan fingerprint density at radius 3 is 2.35 bits per heavy atom. The van der Waals surface area contributed by atoms with Crippen molar-refractivity contribution in [3.63, 3.8) is 0 Å². The molecule has 1 aromatic rings. The topological polar surface area (TPSA) is 23.5 Å².